The second-order valence-corrected chi connectivity index (χ2v) is 5.43. The van der Waals surface area contributed by atoms with Crippen LogP contribution in [0.5, 0.6) is 0 Å². The van der Waals surface area contributed by atoms with E-state index in [4.69, 9.17) is 0 Å². The Kier molecular flexibility index (Phi) is 4.75. The van der Waals surface area contributed by atoms with Gasteiger partial charge in [-0.15, -0.1) is 0 Å². The van der Waals surface area contributed by atoms with Crippen molar-refractivity contribution in [3.05, 3.63) is 35.6 Å². The summed E-state index contributed by atoms with van der Waals surface area (Å²) < 4.78 is 13.2. The van der Waals surface area contributed by atoms with E-state index >= 15 is 0 Å². The summed E-state index contributed by atoms with van der Waals surface area (Å²) in [5.41, 5.74) is 0.455. The molecule has 0 spiro atoms. The molecule has 98 valence electrons. The molecule has 4 heteroatoms. The number of hydrogen-bond acceptors (Lipinski definition) is 1. The molecule has 0 unspecified atom stereocenters. The Labute approximate surface area is 115 Å². The van der Waals surface area contributed by atoms with Crippen molar-refractivity contribution in [2.24, 2.45) is 0 Å². The first-order chi connectivity index (χ1) is 8.72. The molecule has 1 aromatic carbocycles. The fraction of sp³-hybridized carbons (Fsp3) is 0.500. The highest BCUT2D eigenvalue weighted by molar-refractivity contribution is 9.09. The van der Waals surface area contributed by atoms with E-state index in [-0.39, 0.29) is 11.7 Å². The summed E-state index contributed by atoms with van der Waals surface area (Å²) in [4.78, 5) is 14.3. The monoisotopic (exact) mass is 313 g/mol. The Hall–Kier alpha value is -0.900. The lowest BCUT2D eigenvalue weighted by molar-refractivity contribution is 0.0580. The third kappa shape index (κ3) is 3.10. The second kappa shape index (κ2) is 6.32. The van der Waals surface area contributed by atoms with Crippen LogP contribution in [-0.4, -0.2) is 28.7 Å². The van der Waals surface area contributed by atoms with Gasteiger partial charge in [0, 0.05) is 23.5 Å². The molecule has 1 aliphatic rings. The van der Waals surface area contributed by atoms with E-state index in [1.54, 1.807) is 12.1 Å². The average molecular weight is 314 g/mol. The molecule has 0 atom stereocenters. The topological polar surface area (TPSA) is 20.3 Å². The number of carbonyl (C=O) groups excluding carboxylic acids is 1. The summed E-state index contributed by atoms with van der Waals surface area (Å²) in [6.45, 7) is 0.741. The van der Waals surface area contributed by atoms with Gasteiger partial charge in [0.2, 0.25) is 0 Å². The number of halogens is 2. The molecule has 0 aliphatic heterocycles. The summed E-state index contributed by atoms with van der Waals surface area (Å²) in [5.74, 6) is -0.393. The minimum Gasteiger partial charge on any atom is -0.336 e. The molecule has 0 heterocycles. The zero-order chi connectivity index (χ0) is 13.0. The molecule has 2 nitrogen and oxygen atoms in total. The van der Waals surface area contributed by atoms with E-state index in [2.05, 4.69) is 15.9 Å². The van der Waals surface area contributed by atoms with Crippen molar-refractivity contribution >= 4 is 21.8 Å². The molecule has 0 aromatic heterocycles. The summed E-state index contributed by atoms with van der Waals surface area (Å²) in [7, 11) is 0. The number of rotatable bonds is 5. The molecule has 1 aromatic rings. The third-order valence-electron chi connectivity index (χ3n) is 3.38. The molecule has 1 amide bonds. The van der Waals surface area contributed by atoms with Gasteiger partial charge in [-0.1, -0.05) is 22.0 Å². The van der Waals surface area contributed by atoms with E-state index < -0.39 is 0 Å². The molecule has 0 radical (unpaired) electrons. The van der Waals surface area contributed by atoms with Gasteiger partial charge in [0.25, 0.3) is 5.91 Å². The van der Waals surface area contributed by atoms with Crippen LogP contribution in [0.2, 0.25) is 0 Å². The van der Waals surface area contributed by atoms with Gasteiger partial charge in [0.1, 0.15) is 5.82 Å². The molecule has 1 fully saturated rings. The predicted octanol–water partition coefficient (Wildman–Crippen LogP) is 3.61. The smallest absolute Gasteiger partial charge is 0.254 e. The van der Waals surface area contributed by atoms with Crippen molar-refractivity contribution in [3.63, 3.8) is 0 Å². The normalized spacial score (nSPS) is 15.2. The van der Waals surface area contributed by atoms with Gasteiger partial charge in [0.05, 0.1) is 0 Å². The number of amides is 1. The van der Waals surface area contributed by atoms with Crippen LogP contribution in [0, 0.1) is 5.82 Å². The molecule has 1 aliphatic carbocycles. The fourth-order valence-electron chi connectivity index (χ4n) is 2.17. The van der Waals surface area contributed by atoms with Crippen LogP contribution in [0.4, 0.5) is 4.39 Å². The van der Waals surface area contributed by atoms with E-state index in [0.717, 1.165) is 31.1 Å². The number of carbonyl (C=O) groups is 1. The van der Waals surface area contributed by atoms with Crippen molar-refractivity contribution in [1.82, 2.24) is 4.90 Å². The van der Waals surface area contributed by atoms with Crippen molar-refractivity contribution in [2.75, 3.05) is 11.9 Å². The lowest BCUT2D eigenvalue weighted by Gasteiger charge is -2.37. The van der Waals surface area contributed by atoms with Gasteiger partial charge in [-0.2, -0.15) is 0 Å². The first kappa shape index (κ1) is 13.5. The van der Waals surface area contributed by atoms with Crippen molar-refractivity contribution in [2.45, 2.75) is 31.7 Å². The largest absolute Gasteiger partial charge is 0.336 e. The highest BCUT2D eigenvalue weighted by atomic mass is 79.9. The molecular weight excluding hydrogens is 297 g/mol. The zero-order valence-electron chi connectivity index (χ0n) is 10.2. The molecule has 0 N–H and O–H groups in total. The summed E-state index contributed by atoms with van der Waals surface area (Å²) in [6, 6.07) is 6.31. The van der Waals surface area contributed by atoms with Crippen LogP contribution in [0.3, 0.4) is 0 Å². The van der Waals surface area contributed by atoms with Gasteiger partial charge in [-0.25, -0.2) is 4.39 Å². The van der Waals surface area contributed by atoms with Crippen LogP contribution in [-0.2, 0) is 0 Å². The zero-order valence-corrected chi connectivity index (χ0v) is 11.8. The van der Waals surface area contributed by atoms with Crippen LogP contribution in [0.15, 0.2) is 24.3 Å². The standard InChI is InChI=1S/C14H17BrFNO/c15-8-3-9-17(13-6-2-7-13)14(18)11-4-1-5-12(16)10-11/h1,4-5,10,13H,2-3,6-9H2. The quantitative estimate of drug-likeness (QED) is 0.760. The molecule has 1 saturated carbocycles. The Morgan fingerprint density at radius 1 is 1.44 bits per heavy atom. The van der Waals surface area contributed by atoms with Crippen molar-refractivity contribution in [3.8, 4) is 0 Å². The minimum absolute atomic E-state index is 0.0415. The number of hydrogen-bond donors (Lipinski definition) is 0. The average Bonchev–Trinajstić information content (AvgIpc) is 2.31. The van der Waals surface area contributed by atoms with Crippen LogP contribution < -0.4 is 0 Å². The molecule has 18 heavy (non-hydrogen) atoms. The maximum atomic E-state index is 13.2. The van der Waals surface area contributed by atoms with E-state index in [1.807, 2.05) is 4.90 Å². The third-order valence-corrected chi connectivity index (χ3v) is 3.94. The van der Waals surface area contributed by atoms with E-state index in [0.29, 0.717) is 11.6 Å². The van der Waals surface area contributed by atoms with Crippen molar-refractivity contribution < 1.29 is 9.18 Å². The van der Waals surface area contributed by atoms with Gasteiger partial charge in [-0.3, -0.25) is 4.79 Å². The first-order valence-corrected chi connectivity index (χ1v) is 7.47. The van der Waals surface area contributed by atoms with Gasteiger partial charge in [0.15, 0.2) is 0 Å². The summed E-state index contributed by atoms with van der Waals surface area (Å²) >= 11 is 3.39. The number of benzene rings is 1. The highest BCUT2D eigenvalue weighted by Gasteiger charge is 2.28. The van der Waals surface area contributed by atoms with E-state index in [9.17, 15) is 9.18 Å². The van der Waals surface area contributed by atoms with Crippen molar-refractivity contribution in [1.29, 1.82) is 0 Å². The Morgan fingerprint density at radius 2 is 2.22 bits per heavy atom. The summed E-state index contributed by atoms with van der Waals surface area (Å²) in [5, 5.41) is 0.882. The molecular formula is C14H17BrFNO. The fourth-order valence-corrected chi connectivity index (χ4v) is 2.42. The first-order valence-electron chi connectivity index (χ1n) is 6.35. The maximum Gasteiger partial charge on any atom is 0.254 e. The SMILES string of the molecule is O=C(c1cccc(F)c1)N(CCCBr)C1CCC1. The number of alkyl halides is 1. The summed E-state index contributed by atoms with van der Waals surface area (Å²) in [6.07, 6.45) is 4.26. The molecule has 2 rings (SSSR count). The van der Waals surface area contributed by atoms with Gasteiger partial charge in [-0.05, 0) is 43.9 Å². The van der Waals surface area contributed by atoms with Gasteiger partial charge >= 0.3 is 0 Å². The highest BCUT2D eigenvalue weighted by Crippen LogP contribution is 2.26. The predicted molar refractivity (Wildman–Crippen MR) is 73.5 cm³/mol. The lowest BCUT2D eigenvalue weighted by atomic mass is 9.91. The molecule has 0 saturated heterocycles. The number of nitrogens with zero attached hydrogens (tertiary/aromatic N) is 1. The van der Waals surface area contributed by atoms with Crippen LogP contribution in [0.25, 0.3) is 0 Å². The Bertz CT molecular complexity index is 420. The minimum atomic E-state index is -0.352. The molecule has 0 bridgehead atoms. The lowest BCUT2D eigenvalue weighted by Crippen LogP contribution is -2.44. The second-order valence-electron chi connectivity index (χ2n) is 4.64. The van der Waals surface area contributed by atoms with Crippen LogP contribution >= 0.6 is 15.9 Å². The maximum absolute atomic E-state index is 13.2. The van der Waals surface area contributed by atoms with E-state index in [1.165, 1.54) is 18.6 Å². The Morgan fingerprint density at radius 3 is 2.78 bits per heavy atom. The van der Waals surface area contributed by atoms with Gasteiger partial charge < -0.3 is 4.90 Å². The Balaban J connectivity index is 2.11. The van der Waals surface area contributed by atoms with Crippen LogP contribution in [0.1, 0.15) is 36.0 Å².